The van der Waals surface area contributed by atoms with Gasteiger partial charge < -0.3 is 14.9 Å². The number of rotatable bonds is 4. The standard InChI is InChI=1S/C20H26O3/c1-4-5-10-20-12-15(23-3)7-8-16(20)13(2)11-14-6-9-17(21)19(22)18(14)20/h6-9,13,21-22H,4-5,10-12H2,1-3H3. The Balaban J connectivity index is 2.24. The molecule has 0 saturated heterocycles. The van der Waals surface area contributed by atoms with E-state index in [-0.39, 0.29) is 16.9 Å². The van der Waals surface area contributed by atoms with Crippen molar-refractivity contribution < 1.29 is 14.9 Å². The highest BCUT2D eigenvalue weighted by Gasteiger charge is 2.46. The Kier molecular flexibility index (Phi) is 4.13. The molecular formula is C20H26O3. The molecule has 0 aliphatic heterocycles. The van der Waals surface area contributed by atoms with E-state index in [0.717, 1.165) is 49.0 Å². The second-order valence-corrected chi connectivity index (χ2v) is 6.89. The molecule has 23 heavy (non-hydrogen) atoms. The van der Waals surface area contributed by atoms with E-state index in [4.69, 9.17) is 4.74 Å². The second-order valence-electron chi connectivity index (χ2n) is 6.89. The predicted molar refractivity (Wildman–Crippen MR) is 91.6 cm³/mol. The van der Waals surface area contributed by atoms with Crippen LogP contribution in [0.5, 0.6) is 11.5 Å². The molecular weight excluding hydrogens is 288 g/mol. The molecule has 0 heterocycles. The van der Waals surface area contributed by atoms with Crippen LogP contribution in [0.4, 0.5) is 0 Å². The summed E-state index contributed by atoms with van der Waals surface area (Å²) in [5.74, 6) is 1.39. The number of phenolic OH excluding ortho intramolecular Hbond substituents is 2. The van der Waals surface area contributed by atoms with Gasteiger partial charge in [-0.3, -0.25) is 0 Å². The van der Waals surface area contributed by atoms with Crippen LogP contribution in [0.1, 0.15) is 50.7 Å². The van der Waals surface area contributed by atoms with Gasteiger partial charge in [0.2, 0.25) is 0 Å². The van der Waals surface area contributed by atoms with Crippen molar-refractivity contribution in [1.82, 2.24) is 0 Å². The third-order valence-electron chi connectivity index (χ3n) is 5.48. The van der Waals surface area contributed by atoms with Crippen molar-refractivity contribution in [1.29, 1.82) is 0 Å². The SMILES string of the molecule is CCCCC12CC(OC)=CC=C1C(C)Cc1ccc(O)c(O)c12. The maximum atomic E-state index is 10.7. The summed E-state index contributed by atoms with van der Waals surface area (Å²) in [5, 5.41) is 20.7. The fraction of sp³-hybridized carbons (Fsp3) is 0.500. The number of aromatic hydroxyl groups is 2. The maximum absolute atomic E-state index is 10.7. The van der Waals surface area contributed by atoms with Gasteiger partial charge in [-0.2, -0.15) is 0 Å². The first-order valence-corrected chi connectivity index (χ1v) is 8.53. The van der Waals surface area contributed by atoms with Gasteiger partial charge in [-0.25, -0.2) is 0 Å². The van der Waals surface area contributed by atoms with Crippen LogP contribution in [0.25, 0.3) is 0 Å². The molecule has 0 saturated carbocycles. The second kappa shape index (κ2) is 5.95. The summed E-state index contributed by atoms with van der Waals surface area (Å²) in [4.78, 5) is 0. The summed E-state index contributed by atoms with van der Waals surface area (Å²) in [6.07, 6.45) is 9.03. The lowest BCUT2D eigenvalue weighted by Crippen LogP contribution is -2.39. The van der Waals surface area contributed by atoms with E-state index in [2.05, 4.69) is 26.0 Å². The van der Waals surface area contributed by atoms with Crippen LogP contribution in [0.15, 0.2) is 35.6 Å². The molecule has 3 rings (SSSR count). The van der Waals surface area contributed by atoms with Gasteiger partial charge in [0.15, 0.2) is 11.5 Å². The first kappa shape index (κ1) is 16.0. The molecule has 0 aromatic heterocycles. The minimum atomic E-state index is -0.258. The minimum absolute atomic E-state index is 0.0259. The molecule has 0 spiro atoms. The van der Waals surface area contributed by atoms with E-state index in [1.807, 2.05) is 6.07 Å². The fourth-order valence-electron chi connectivity index (χ4n) is 4.41. The summed E-state index contributed by atoms with van der Waals surface area (Å²) < 4.78 is 5.54. The molecule has 3 nitrogen and oxygen atoms in total. The van der Waals surface area contributed by atoms with E-state index in [0.29, 0.717) is 5.92 Å². The Bertz CT molecular complexity index is 672. The average molecular weight is 314 g/mol. The average Bonchev–Trinajstić information content (AvgIpc) is 2.55. The van der Waals surface area contributed by atoms with Crippen LogP contribution in [-0.2, 0) is 16.6 Å². The molecule has 2 aliphatic carbocycles. The summed E-state index contributed by atoms with van der Waals surface area (Å²) in [7, 11) is 1.70. The fourth-order valence-corrected chi connectivity index (χ4v) is 4.41. The lowest BCUT2D eigenvalue weighted by Gasteiger charge is -2.46. The maximum Gasteiger partial charge on any atom is 0.161 e. The van der Waals surface area contributed by atoms with Crippen molar-refractivity contribution in [2.45, 2.75) is 51.4 Å². The zero-order valence-electron chi connectivity index (χ0n) is 14.2. The minimum Gasteiger partial charge on any atom is -0.504 e. The summed E-state index contributed by atoms with van der Waals surface area (Å²) in [6.45, 7) is 4.44. The van der Waals surface area contributed by atoms with Crippen molar-refractivity contribution in [2.24, 2.45) is 5.92 Å². The number of methoxy groups -OCH3 is 1. The lowest BCUT2D eigenvalue weighted by atomic mass is 9.57. The van der Waals surface area contributed by atoms with Gasteiger partial charge >= 0.3 is 0 Å². The quantitative estimate of drug-likeness (QED) is 0.800. The van der Waals surface area contributed by atoms with Gasteiger partial charge in [0.05, 0.1) is 12.9 Å². The Morgan fingerprint density at radius 3 is 2.74 bits per heavy atom. The van der Waals surface area contributed by atoms with Crippen LogP contribution < -0.4 is 0 Å². The third kappa shape index (κ3) is 2.43. The van der Waals surface area contributed by atoms with Crippen LogP contribution in [0.2, 0.25) is 0 Å². The number of hydrogen-bond acceptors (Lipinski definition) is 3. The highest BCUT2D eigenvalue weighted by molar-refractivity contribution is 5.60. The number of allylic oxidation sites excluding steroid dienone is 4. The highest BCUT2D eigenvalue weighted by atomic mass is 16.5. The largest absolute Gasteiger partial charge is 0.504 e. The van der Waals surface area contributed by atoms with Crippen LogP contribution >= 0.6 is 0 Å². The van der Waals surface area contributed by atoms with Gasteiger partial charge in [0.1, 0.15) is 0 Å². The van der Waals surface area contributed by atoms with Gasteiger partial charge in [-0.15, -0.1) is 0 Å². The number of hydrogen-bond donors (Lipinski definition) is 2. The van der Waals surface area contributed by atoms with Crippen molar-refractivity contribution >= 4 is 0 Å². The number of fused-ring (bicyclic) bond motifs is 3. The number of ether oxygens (including phenoxy) is 1. The summed E-state index contributed by atoms with van der Waals surface area (Å²) in [5.41, 5.74) is 3.17. The molecule has 2 atom stereocenters. The van der Waals surface area contributed by atoms with Crippen LogP contribution in [-0.4, -0.2) is 17.3 Å². The van der Waals surface area contributed by atoms with Crippen molar-refractivity contribution in [3.63, 3.8) is 0 Å². The highest BCUT2D eigenvalue weighted by Crippen LogP contribution is 2.56. The number of unbranched alkanes of at least 4 members (excludes halogenated alkanes) is 1. The molecule has 0 radical (unpaired) electrons. The van der Waals surface area contributed by atoms with Gasteiger partial charge in [0, 0.05) is 17.4 Å². The molecule has 0 fully saturated rings. The molecule has 0 amide bonds. The molecule has 0 bridgehead atoms. The Morgan fingerprint density at radius 2 is 2.04 bits per heavy atom. The van der Waals surface area contributed by atoms with Crippen molar-refractivity contribution in [2.75, 3.05) is 7.11 Å². The van der Waals surface area contributed by atoms with Crippen LogP contribution in [0.3, 0.4) is 0 Å². The summed E-state index contributed by atoms with van der Waals surface area (Å²) >= 11 is 0. The Labute approximate surface area is 138 Å². The molecule has 1 aromatic rings. The third-order valence-corrected chi connectivity index (χ3v) is 5.48. The molecule has 3 heteroatoms. The topological polar surface area (TPSA) is 49.7 Å². The molecule has 1 aromatic carbocycles. The van der Waals surface area contributed by atoms with E-state index < -0.39 is 0 Å². The zero-order chi connectivity index (χ0) is 16.6. The smallest absolute Gasteiger partial charge is 0.161 e. The van der Waals surface area contributed by atoms with Gasteiger partial charge in [-0.1, -0.05) is 44.4 Å². The molecule has 2 N–H and O–H groups in total. The predicted octanol–water partition coefficient (Wildman–Crippen LogP) is 4.58. The first-order valence-electron chi connectivity index (χ1n) is 8.53. The number of benzene rings is 1. The van der Waals surface area contributed by atoms with E-state index in [1.165, 1.54) is 5.57 Å². The Hall–Kier alpha value is -1.90. The van der Waals surface area contributed by atoms with Crippen molar-refractivity contribution in [3.05, 3.63) is 46.7 Å². The number of phenols is 2. The summed E-state index contributed by atoms with van der Waals surface area (Å²) in [6, 6.07) is 3.58. The van der Waals surface area contributed by atoms with E-state index in [1.54, 1.807) is 13.2 Å². The molecule has 2 unspecified atom stereocenters. The van der Waals surface area contributed by atoms with Gasteiger partial charge in [-0.05, 0) is 36.5 Å². The lowest BCUT2D eigenvalue weighted by molar-refractivity contribution is 0.233. The molecule has 2 aliphatic rings. The first-order chi connectivity index (χ1) is 11.0. The van der Waals surface area contributed by atoms with Crippen molar-refractivity contribution in [3.8, 4) is 11.5 Å². The van der Waals surface area contributed by atoms with E-state index >= 15 is 0 Å². The normalized spacial score (nSPS) is 26.0. The van der Waals surface area contributed by atoms with Gasteiger partial charge in [0.25, 0.3) is 0 Å². The Morgan fingerprint density at radius 1 is 1.26 bits per heavy atom. The van der Waals surface area contributed by atoms with E-state index in [9.17, 15) is 10.2 Å². The van der Waals surface area contributed by atoms with Crippen LogP contribution in [0, 0.1) is 5.92 Å². The monoisotopic (exact) mass is 314 g/mol. The zero-order valence-corrected chi connectivity index (χ0v) is 14.2. The molecule has 124 valence electrons.